The summed E-state index contributed by atoms with van der Waals surface area (Å²) >= 11 is 0. The van der Waals surface area contributed by atoms with Gasteiger partial charge in [0.1, 0.15) is 0 Å². The average molecular weight is 540 g/mol. The van der Waals surface area contributed by atoms with Crippen molar-refractivity contribution in [2.45, 2.75) is 24.8 Å². The number of ether oxygens (including phenoxy) is 2. The van der Waals surface area contributed by atoms with E-state index < -0.39 is 10.0 Å². The molecule has 29 heavy (non-hydrogen) atoms. The molecule has 166 valence electrons. The number of halogens is 1. The van der Waals surface area contributed by atoms with Gasteiger partial charge in [0.25, 0.3) is 0 Å². The Kier molecular flexibility index (Phi) is 12.0. The summed E-state index contributed by atoms with van der Waals surface area (Å²) in [5, 5.41) is 3.30. The molecule has 1 aromatic rings. The van der Waals surface area contributed by atoms with E-state index in [4.69, 9.17) is 9.47 Å². The molecule has 1 fully saturated rings. The molecule has 1 aromatic carbocycles. The van der Waals surface area contributed by atoms with Crippen molar-refractivity contribution in [3.05, 3.63) is 29.8 Å². The van der Waals surface area contributed by atoms with Gasteiger partial charge in [-0.05, 0) is 31.0 Å². The van der Waals surface area contributed by atoms with Crippen molar-refractivity contribution in [3.8, 4) is 0 Å². The normalized spacial score (nSPS) is 17.1. The van der Waals surface area contributed by atoms with Gasteiger partial charge >= 0.3 is 0 Å². The molecule has 0 bridgehead atoms. The fourth-order valence-corrected chi connectivity index (χ4v) is 4.09. The van der Waals surface area contributed by atoms with Crippen LogP contribution in [0.15, 0.2) is 34.2 Å². The van der Waals surface area contributed by atoms with Gasteiger partial charge in [-0.2, -0.15) is 0 Å². The molecule has 2 rings (SSSR count). The van der Waals surface area contributed by atoms with E-state index in [0.29, 0.717) is 19.1 Å². The number of methoxy groups -OCH3 is 1. The molecule has 1 heterocycles. The molecule has 0 aromatic heterocycles. The third-order valence-electron chi connectivity index (χ3n) is 4.47. The van der Waals surface area contributed by atoms with Crippen molar-refractivity contribution in [2.24, 2.45) is 10.9 Å². The Bertz CT molecular complexity index is 739. The number of rotatable bonds is 10. The predicted octanol–water partition coefficient (Wildman–Crippen LogP) is 1.66. The van der Waals surface area contributed by atoms with Gasteiger partial charge in [0, 0.05) is 46.3 Å². The second-order valence-corrected chi connectivity index (χ2v) is 8.59. The van der Waals surface area contributed by atoms with Crippen LogP contribution in [-0.2, 0) is 26.0 Å². The third-order valence-corrected chi connectivity index (χ3v) is 5.93. The first-order valence-corrected chi connectivity index (χ1v) is 11.1. The van der Waals surface area contributed by atoms with E-state index in [0.717, 1.165) is 44.2 Å². The van der Waals surface area contributed by atoms with Crippen LogP contribution in [-0.4, -0.2) is 72.9 Å². The van der Waals surface area contributed by atoms with Crippen LogP contribution < -0.4 is 10.0 Å². The number of guanidine groups is 1. The Labute approximate surface area is 191 Å². The summed E-state index contributed by atoms with van der Waals surface area (Å²) in [4.78, 5) is 7.02. The molecule has 2 N–H and O–H groups in total. The molecular weight excluding hydrogens is 507 g/mol. The van der Waals surface area contributed by atoms with E-state index in [2.05, 4.69) is 19.9 Å². The number of nitrogens with one attached hydrogen (secondary N) is 2. The SMILES string of the molecule is CCNC(=NCc1cccc(S(=O)(=O)NCCOC)c1)N(C)CC1CCOC1.I. The topological polar surface area (TPSA) is 92.3 Å². The standard InChI is InChI=1S/C19H32N4O4S.HI/c1-4-20-19(23(2)14-17-8-10-27-15-17)21-13-16-6-5-7-18(12-16)28(24,25)22-9-11-26-3;/h5-7,12,17,22H,4,8-11,13-15H2,1-3H3,(H,20,21);1H. The number of benzene rings is 1. The highest BCUT2D eigenvalue weighted by Crippen LogP contribution is 2.14. The summed E-state index contributed by atoms with van der Waals surface area (Å²) in [6.45, 7) is 6.25. The van der Waals surface area contributed by atoms with Crippen molar-refractivity contribution in [1.82, 2.24) is 14.9 Å². The minimum absolute atomic E-state index is 0. The minimum Gasteiger partial charge on any atom is -0.383 e. The van der Waals surface area contributed by atoms with Crippen molar-refractivity contribution in [3.63, 3.8) is 0 Å². The highest BCUT2D eigenvalue weighted by molar-refractivity contribution is 14.0. The van der Waals surface area contributed by atoms with Gasteiger partial charge in [0.15, 0.2) is 5.96 Å². The predicted molar refractivity (Wildman–Crippen MR) is 125 cm³/mol. The Hall–Kier alpha value is -0.950. The zero-order valence-electron chi connectivity index (χ0n) is 17.4. The summed E-state index contributed by atoms with van der Waals surface area (Å²) in [6, 6.07) is 6.86. The summed E-state index contributed by atoms with van der Waals surface area (Å²) in [5.74, 6) is 1.32. The lowest BCUT2D eigenvalue weighted by Gasteiger charge is -2.24. The first-order chi connectivity index (χ1) is 13.5. The molecule has 0 saturated carbocycles. The lowest BCUT2D eigenvalue weighted by molar-refractivity contribution is 0.181. The smallest absolute Gasteiger partial charge is 0.240 e. The maximum absolute atomic E-state index is 12.4. The number of sulfonamides is 1. The highest BCUT2D eigenvalue weighted by atomic mass is 127. The number of hydrogen-bond acceptors (Lipinski definition) is 5. The second-order valence-electron chi connectivity index (χ2n) is 6.82. The van der Waals surface area contributed by atoms with Crippen molar-refractivity contribution in [1.29, 1.82) is 0 Å². The van der Waals surface area contributed by atoms with Crippen LogP contribution in [0.25, 0.3) is 0 Å². The van der Waals surface area contributed by atoms with Crippen LogP contribution >= 0.6 is 24.0 Å². The van der Waals surface area contributed by atoms with Gasteiger partial charge in [-0.1, -0.05) is 12.1 Å². The van der Waals surface area contributed by atoms with Crippen LogP contribution in [0.5, 0.6) is 0 Å². The van der Waals surface area contributed by atoms with Gasteiger partial charge < -0.3 is 19.7 Å². The summed E-state index contributed by atoms with van der Waals surface area (Å²) in [6.07, 6.45) is 1.07. The zero-order chi connectivity index (χ0) is 20.4. The lowest BCUT2D eigenvalue weighted by atomic mass is 10.1. The minimum atomic E-state index is -3.55. The monoisotopic (exact) mass is 540 g/mol. The molecule has 10 heteroatoms. The molecule has 0 radical (unpaired) electrons. The molecule has 0 aliphatic carbocycles. The average Bonchev–Trinajstić information content (AvgIpc) is 3.18. The largest absolute Gasteiger partial charge is 0.383 e. The van der Waals surface area contributed by atoms with E-state index in [-0.39, 0.29) is 35.4 Å². The molecular formula is C19H33IN4O4S. The Morgan fingerprint density at radius 1 is 1.41 bits per heavy atom. The van der Waals surface area contributed by atoms with Crippen LogP contribution in [0.4, 0.5) is 0 Å². The van der Waals surface area contributed by atoms with Gasteiger partial charge in [-0.15, -0.1) is 24.0 Å². The first kappa shape index (κ1) is 26.1. The van der Waals surface area contributed by atoms with Gasteiger partial charge in [-0.25, -0.2) is 18.1 Å². The lowest BCUT2D eigenvalue weighted by Crippen LogP contribution is -2.41. The molecule has 1 aliphatic heterocycles. The maximum Gasteiger partial charge on any atom is 0.240 e. The quantitative estimate of drug-likeness (QED) is 0.203. The van der Waals surface area contributed by atoms with E-state index >= 15 is 0 Å². The third kappa shape index (κ3) is 8.75. The molecule has 0 spiro atoms. The van der Waals surface area contributed by atoms with Crippen molar-refractivity contribution >= 4 is 40.0 Å². The van der Waals surface area contributed by atoms with Gasteiger partial charge in [-0.3, -0.25) is 0 Å². The molecule has 0 amide bonds. The summed E-state index contributed by atoms with van der Waals surface area (Å²) in [7, 11) is -0.00664. The first-order valence-electron chi connectivity index (χ1n) is 9.61. The Morgan fingerprint density at radius 2 is 2.21 bits per heavy atom. The van der Waals surface area contributed by atoms with Crippen molar-refractivity contribution < 1.29 is 17.9 Å². The van der Waals surface area contributed by atoms with E-state index in [1.807, 2.05) is 20.0 Å². The number of nitrogens with zero attached hydrogens (tertiary/aromatic N) is 2. The van der Waals surface area contributed by atoms with E-state index in [9.17, 15) is 8.42 Å². The Morgan fingerprint density at radius 3 is 2.86 bits per heavy atom. The molecule has 8 nitrogen and oxygen atoms in total. The van der Waals surface area contributed by atoms with Gasteiger partial charge in [0.2, 0.25) is 10.0 Å². The van der Waals surface area contributed by atoms with Crippen LogP contribution in [0.1, 0.15) is 18.9 Å². The summed E-state index contributed by atoms with van der Waals surface area (Å²) in [5.41, 5.74) is 0.836. The highest BCUT2D eigenvalue weighted by Gasteiger charge is 2.19. The van der Waals surface area contributed by atoms with Gasteiger partial charge in [0.05, 0.1) is 24.7 Å². The number of hydrogen-bond donors (Lipinski definition) is 2. The molecule has 1 aliphatic rings. The second kappa shape index (κ2) is 13.4. The van der Waals surface area contributed by atoms with E-state index in [1.54, 1.807) is 18.2 Å². The zero-order valence-corrected chi connectivity index (χ0v) is 20.5. The van der Waals surface area contributed by atoms with E-state index in [1.165, 1.54) is 7.11 Å². The van der Waals surface area contributed by atoms with Crippen LogP contribution in [0, 0.1) is 5.92 Å². The van der Waals surface area contributed by atoms with Crippen LogP contribution in [0.2, 0.25) is 0 Å². The van der Waals surface area contributed by atoms with Crippen molar-refractivity contribution in [2.75, 3.05) is 53.6 Å². The molecule has 1 atom stereocenters. The number of aliphatic imine (C=N–C) groups is 1. The fourth-order valence-electron chi connectivity index (χ4n) is 3.01. The molecule has 1 unspecified atom stereocenters. The van der Waals surface area contributed by atoms with Crippen LogP contribution in [0.3, 0.4) is 0 Å². The Balaban J connectivity index is 0.00000420. The maximum atomic E-state index is 12.4. The summed E-state index contributed by atoms with van der Waals surface area (Å²) < 4.78 is 37.6. The fraction of sp³-hybridized carbons (Fsp3) is 0.632. The molecule has 1 saturated heterocycles.